The summed E-state index contributed by atoms with van der Waals surface area (Å²) in [6.07, 6.45) is 76.3. The summed E-state index contributed by atoms with van der Waals surface area (Å²) in [4.78, 5) is 35.5. The van der Waals surface area contributed by atoms with Crippen LogP contribution >= 0.6 is 7.82 Å². The van der Waals surface area contributed by atoms with Crippen LogP contribution in [0.3, 0.4) is 0 Å². The van der Waals surface area contributed by atoms with Gasteiger partial charge in [0, 0.05) is 12.8 Å². The molecule has 0 aliphatic heterocycles. The molecule has 0 aromatic carbocycles. The van der Waals surface area contributed by atoms with Crippen molar-refractivity contribution in [2.75, 3.05) is 47.5 Å². The highest BCUT2D eigenvalue weighted by Crippen LogP contribution is 2.43. The molecule has 2 unspecified atom stereocenters. The first-order valence-electron chi connectivity index (χ1n) is 31.7. The molecule has 0 amide bonds. The van der Waals surface area contributed by atoms with Crippen LogP contribution in [0.1, 0.15) is 284 Å². The molecule has 0 heterocycles. The third kappa shape index (κ3) is 60.7. The van der Waals surface area contributed by atoms with E-state index in [-0.39, 0.29) is 32.0 Å². The minimum atomic E-state index is -4.40. The Kier molecular flexibility index (Phi) is 55.2. The highest BCUT2D eigenvalue weighted by Gasteiger charge is 2.27. The number of carbonyl (C=O) groups is 2. The van der Waals surface area contributed by atoms with Gasteiger partial charge in [0.05, 0.1) is 27.7 Å². The standard InChI is InChI=1S/C66H120NO8P/c1-6-8-10-12-14-16-18-20-21-22-23-24-25-26-27-28-29-30-31-32-33-34-35-36-37-38-39-40-41-42-43-44-45-47-48-50-52-54-56-58-65(68)72-62-64(63-74-76(70,71)73-61-60-67(3,4)5)75-66(69)59-57-55-53-51-49-46-19-17-15-13-11-9-7-2/h9,11,15,17-18,20,22-23,46,49,53,55,64H,6-8,10,12-14,16,19,21,24-45,47-48,50-52,54,56-63H2,1-5H3/p+1/b11-9-,17-15-,20-18-,23-22-,49-46-,55-53-. The Morgan fingerprint density at radius 2 is 0.776 bits per heavy atom. The molecule has 0 bridgehead atoms. The topological polar surface area (TPSA) is 108 Å². The van der Waals surface area contributed by atoms with Crippen molar-refractivity contribution in [3.63, 3.8) is 0 Å². The smallest absolute Gasteiger partial charge is 0.462 e. The van der Waals surface area contributed by atoms with E-state index in [2.05, 4.69) is 74.6 Å². The summed E-state index contributed by atoms with van der Waals surface area (Å²) < 4.78 is 34.4. The van der Waals surface area contributed by atoms with Gasteiger partial charge in [0.15, 0.2) is 6.10 Å². The molecule has 2 atom stereocenters. The minimum absolute atomic E-state index is 0.0180. The van der Waals surface area contributed by atoms with Gasteiger partial charge in [-0.15, -0.1) is 0 Å². The summed E-state index contributed by atoms with van der Waals surface area (Å²) in [7, 11) is 1.44. The fourth-order valence-corrected chi connectivity index (χ4v) is 9.63. The Hall–Kier alpha value is -2.55. The Labute approximate surface area is 469 Å². The number of phosphoric ester groups is 1. The van der Waals surface area contributed by atoms with E-state index in [0.29, 0.717) is 17.4 Å². The second-order valence-electron chi connectivity index (χ2n) is 22.4. The third-order valence-corrected chi connectivity index (χ3v) is 14.7. The summed E-state index contributed by atoms with van der Waals surface area (Å²) in [6.45, 7) is 4.24. The second-order valence-corrected chi connectivity index (χ2v) is 23.9. The number of likely N-dealkylation sites (N-methyl/N-ethyl adjacent to an activating group) is 1. The average Bonchev–Trinajstić information content (AvgIpc) is 3.38. The zero-order valence-corrected chi connectivity index (χ0v) is 51.1. The largest absolute Gasteiger partial charge is 0.472 e. The molecule has 0 saturated heterocycles. The number of hydrogen-bond acceptors (Lipinski definition) is 7. The number of quaternary nitrogens is 1. The first-order valence-corrected chi connectivity index (χ1v) is 33.2. The van der Waals surface area contributed by atoms with Gasteiger partial charge in [-0.05, 0) is 70.6 Å². The van der Waals surface area contributed by atoms with Crippen LogP contribution in [-0.2, 0) is 32.7 Å². The van der Waals surface area contributed by atoms with Gasteiger partial charge >= 0.3 is 19.8 Å². The van der Waals surface area contributed by atoms with Crippen molar-refractivity contribution in [1.29, 1.82) is 0 Å². The van der Waals surface area contributed by atoms with Crippen molar-refractivity contribution < 1.29 is 42.1 Å². The number of phosphoric acid groups is 1. The van der Waals surface area contributed by atoms with Gasteiger partial charge in [0.2, 0.25) is 0 Å². The van der Waals surface area contributed by atoms with Gasteiger partial charge < -0.3 is 18.9 Å². The molecule has 0 aromatic heterocycles. The molecule has 10 heteroatoms. The minimum Gasteiger partial charge on any atom is -0.462 e. The summed E-state index contributed by atoms with van der Waals surface area (Å²) in [5.41, 5.74) is 0. The molecular formula is C66H121NO8P+. The molecule has 0 rings (SSSR count). The lowest BCUT2D eigenvalue weighted by Crippen LogP contribution is -2.37. The fourth-order valence-electron chi connectivity index (χ4n) is 8.89. The van der Waals surface area contributed by atoms with Gasteiger partial charge in [0.25, 0.3) is 0 Å². The number of unbranched alkanes of at least 4 members (excludes halogenated alkanes) is 32. The van der Waals surface area contributed by atoms with Gasteiger partial charge in [-0.3, -0.25) is 18.6 Å². The lowest BCUT2D eigenvalue weighted by Gasteiger charge is -2.24. The van der Waals surface area contributed by atoms with Gasteiger partial charge in [-0.1, -0.05) is 273 Å². The van der Waals surface area contributed by atoms with Crippen LogP contribution in [0.2, 0.25) is 0 Å². The highest BCUT2D eigenvalue weighted by molar-refractivity contribution is 7.47. The van der Waals surface area contributed by atoms with Crippen LogP contribution in [0.25, 0.3) is 0 Å². The summed E-state index contributed by atoms with van der Waals surface area (Å²) in [5, 5.41) is 0. The molecule has 9 nitrogen and oxygen atoms in total. The van der Waals surface area contributed by atoms with Crippen LogP contribution < -0.4 is 0 Å². The van der Waals surface area contributed by atoms with Gasteiger partial charge in [0.1, 0.15) is 19.8 Å². The van der Waals surface area contributed by atoms with E-state index in [1.165, 1.54) is 199 Å². The Balaban J connectivity index is 3.88. The normalized spacial score (nSPS) is 13.7. The van der Waals surface area contributed by atoms with E-state index in [1.54, 1.807) is 0 Å². The first kappa shape index (κ1) is 73.5. The maximum atomic E-state index is 12.7. The lowest BCUT2D eigenvalue weighted by atomic mass is 10.0. The van der Waals surface area contributed by atoms with Crippen molar-refractivity contribution in [3.8, 4) is 0 Å². The quantitative estimate of drug-likeness (QED) is 0.0211. The Morgan fingerprint density at radius 3 is 1.17 bits per heavy atom. The lowest BCUT2D eigenvalue weighted by molar-refractivity contribution is -0.870. The SMILES string of the molecule is CC/C=C\C/C=C\C/C=C\C/C=C\CCC(=O)OC(COC(=O)CCCCCCCCCCCCCCCCCCCCCCCCCCCCC/C=C\C/C=C\CCCCCCC)COP(=O)(O)OCC[N+](C)(C)C. The molecule has 1 N–H and O–H groups in total. The van der Waals surface area contributed by atoms with Crippen molar-refractivity contribution in [3.05, 3.63) is 72.9 Å². The number of allylic oxidation sites excluding steroid dienone is 12. The number of rotatable bonds is 58. The van der Waals surface area contributed by atoms with Crippen molar-refractivity contribution in [2.45, 2.75) is 290 Å². The van der Waals surface area contributed by atoms with E-state index < -0.39 is 26.5 Å². The van der Waals surface area contributed by atoms with Crippen molar-refractivity contribution >= 4 is 19.8 Å². The summed E-state index contributed by atoms with van der Waals surface area (Å²) >= 11 is 0. The molecule has 0 saturated carbocycles. The molecule has 0 aliphatic carbocycles. The van der Waals surface area contributed by atoms with E-state index in [4.69, 9.17) is 18.5 Å². The molecule has 0 radical (unpaired) electrons. The van der Waals surface area contributed by atoms with Crippen molar-refractivity contribution in [2.24, 2.45) is 0 Å². The number of hydrogen-bond donors (Lipinski definition) is 1. The third-order valence-electron chi connectivity index (χ3n) is 13.7. The summed E-state index contributed by atoms with van der Waals surface area (Å²) in [5.74, 6) is -0.886. The Morgan fingerprint density at radius 1 is 0.421 bits per heavy atom. The molecule has 0 fully saturated rings. The van der Waals surface area contributed by atoms with E-state index >= 15 is 0 Å². The Bertz CT molecular complexity index is 1510. The fraction of sp³-hybridized carbons (Fsp3) is 0.788. The zero-order chi connectivity index (χ0) is 55.6. The first-order chi connectivity index (χ1) is 37.0. The van der Waals surface area contributed by atoms with Crippen LogP contribution in [0.4, 0.5) is 0 Å². The van der Waals surface area contributed by atoms with Crippen LogP contribution in [0.5, 0.6) is 0 Å². The van der Waals surface area contributed by atoms with Crippen LogP contribution in [-0.4, -0.2) is 74.9 Å². The second kappa shape index (κ2) is 57.1. The zero-order valence-electron chi connectivity index (χ0n) is 50.2. The van der Waals surface area contributed by atoms with Gasteiger partial charge in [-0.2, -0.15) is 0 Å². The molecule has 0 aliphatic rings. The predicted molar refractivity (Wildman–Crippen MR) is 326 cm³/mol. The monoisotopic (exact) mass is 1090 g/mol. The van der Waals surface area contributed by atoms with Crippen LogP contribution in [0, 0.1) is 0 Å². The average molecular weight is 1090 g/mol. The number of carbonyl (C=O) groups excluding carboxylic acids is 2. The summed E-state index contributed by atoms with van der Waals surface area (Å²) in [6, 6.07) is 0. The molecular weight excluding hydrogens is 966 g/mol. The van der Waals surface area contributed by atoms with Crippen LogP contribution in [0.15, 0.2) is 72.9 Å². The number of nitrogens with zero attached hydrogens (tertiary/aromatic N) is 1. The van der Waals surface area contributed by atoms with E-state index in [0.717, 1.165) is 51.4 Å². The molecule has 0 spiro atoms. The number of esters is 2. The van der Waals surface area contributed by atoms with E-state index in [9.17, 15) is 19.0 Å². The predicted octanol–water partition coefficient (Wildman–Crippen LogP) is 20.0. The molecule has 76 heavy (non-hydrogen) atoms. The molecule has 442 valence electrons. The van der Waals surface area contributed by atoms with E-state index in [1.807, 2.05) is 33.3 Å². The maximum absolute atomic E-state index is 12.7. The van der Waals surface area contributed by atoms with Crippen molar-refractivity contribution in [1.82, 2.24) is 0 Å². The number of ether oxygens (including phenoxy) is 2. The highest BCUT2D eigenvalue weighted by atomic mass is 31.2. The molecule has 0 aromatic rings. The maximum Gasteiger partial charge on any atom is 0.472 e. The van der Waals surface area contributed by atoms with Gasteiger partial charge in [-0.25, -0.2) is 4.57 Å².